The lowest BCUT2D eigenvalue weighted by atomic mass is 10.1. The van der Waals surface area contributed by atoms with Gasteiger partial charge in [0.1, 0.15) is 5.69 Å². The van der Waals surface area contributed by atoms with E-state index in [1.165, 1.54) is 10.7 Å². The highest BCUT2D eigenvalue weighted by atomic mass is 19.2. The second kappa shape index (κ2) is 5.72. The van der Waals surface area contributed by atoms with Crippen LogP contribution in [0.1, 0.15) is 21.6 Å². The summed E-state index contributed by atoms with van der Waals surface area (Å²) in [6.07, 6.45) is 0.547. The predicted octanol–water partition coefficient (Wildman–Crippen LogP) is 3.64. The number of aromatic nitrogens is 3. The fourth-order valence-electron chi connectivity index (χ4n) is 2.42. The van der Waals surface area contributed by atoms with E-state index in [9.17, 15) is 13.6 Å². The van der Waals surface area contributed by atoms with E-state index in [1.54, 1.807) is 0 Å². The van der Waals surface area contributed by atoms with E-state index >= 15 is 0 Å². The highest BCUT2D eigenvalue weighted by Gasteiger charge is 2.18. The molecule has 0 aliphatic heterocycles. The number of carbonyl (C=O) groups is 1. The number of rotatable bonds is 3. The van der Waals surface area contributed by atoms with Crippen LogP contribution in [0.2, 0.25) is 0 Å². The summed E-state index contributed by atoms with van der Waals surface area (Å²) in [4.78, 5) is 11.3. The molecule has 0 N–H and O–H groups in total. The third-order valence-corrected chi connectivity index (χ3v) is 3.81. The normalized spacial score (nSPS) is 10.8. The monoisotopic (exact) mass is 313 g/mol. The molecule has 3 aromatic rings. The van der Waals surface area contributed by atoms with Crippen molar-refractivity contribution in [1.82, 2.24) is 15.0 Å². The Morgan fingerprint density at radius 2 is 1.87 bits per heavy atom. The van der Waals surface area contributed by atoms with E-state index in [0.29, 0.717) is 17.5 Å². The van der Waals surface area contributed by atoms with Gasteiger partial charge in [0.15, 0.2) is 23.6 Å². The highest BCUT2D eigenvalue weighted by Crippen LogP contribution is 2.28. The summed E-state index contributed by atoms with van der Waals surface area (Å²) in [5.74, 6) is -1.94. The predicted molar refractivity (Wildman–Crippen MR) is 81.6 cm³/mol. The molecule has 0 spiro atoms. The zero-order valence-electron chi connectivity index (χ0n) is 12.5. The van der Waals surface area contributed by atoms with Crippen molar-refractivity contribution in [3.63, 3.8) is 0 Å². The van der Waals surface area contributed by atoms with Gasteiger partial charge in [0.25, 0.3) is 0 Å². The quantitative estimate of drug-likeness (QED) is 0.694. The van der Waals surface area contributed by atoms with Gasteiger partial charge in [0.2, 0.25) is 0 Å². The largest absolute Gasteiger partial charge is 0.296 e. The van der Waals surface area contributed by atoms with Crippen molar-refractivity contribution in [3.05, 3.63) is 64.9 Å². The van der Waals surface area contributed by atoms with Gasteiger partial charge in [-0.05, 0) is 49.2 Å². The summed E-state index contributed by atoms with van der Waals surface area (Å²) < 4.78 is 28.2. The Labute approximate surface area is 131 Å². The fourth-order valence-corrected chi connectivity index (χ4v) is 2.42. The van der Waals surface area contributed by atoms with Gasteiger partial charge in [-0.3, -0.25) is 4.79 Å². The molecule has 0 bridgehead atoms. The highest BCUT2D eigenvalue weighted by molar-refractivity contribution is 5.84. The van der Waals surface area contributed by atoms with E-state index < -0.39 is 11.6 Å². The number of aldehydes is 1. The molecule has 4 nitrogen and oxygen atoms in total. The second-order valence-corrected chi connectivity index (χ2v) is 5.20. The average molecular weight is 313 g/mol. The van der Waals surface area contributed by atoms with Gasteiger partial charge in [0.05, 0.1) is 5.69 Å². The molecule has 0 saturated heterocycles. The number of nitrogens with zero attached hydrogens (tertiary/aromatic N) is 3. The molecule has 0 aliphatic carbocycles. The third kappa shape index (κ3) is 2.52. The van der Waals surface area contributed by atoms with Crippen LogP contribution in [-0.4, -0.2) is 21.3 Å². The maximum absolute atomic E-state index is 13.6. The number of aryl methyl sites for hydroxylation is 1. The van der Waals surface area contributed by atoms with E-state index in [-0.39, 0.29) is 5.69 Å². The molecule has 0 radical (unpaired) electrons. The van der Waals surface area contributed by atoms with E-state index in [4.69, 9.17) is 0 Å². The van der Waals surface area contributed by atoms with Crippen molar-refractivity contribution in [3.8, 4) is 16.9 Å². The van der Waals surface area contributed by atoms with Crippen molar-refractivity contribution >= 4 is 6.29 Å². The van der Waals surface area contributed by atoms with E-state index in [0.717, 1.165) is 28.9 Å². The van der Waals surface area contributed by atoms with Crippen molar-refractivity contribution in [2.45, 2.75) is 13.8 Å². The molecule has 116 valence electrons. The maximum Gasteiger partial charge on any atom is 0.172 e. The first-order valence-electron chi connectivity index (χ1n) is 6.96. The van der Waals surface area contributed by atoms with Gasteiger partial charge >= 0.3 is 0 Å². The number of carbonyl (C=O) groups excluding carboxylic acids is 1. The van der Waals surface area contributed by atoms with Gasteiger partial charge < -0.3 is 0 Å². The Morgan fingerprint density at radius 1 is 1.09 bits per heavy atom. The van der Waals surface area contributed by atoms with Crippen LogP contribution in [0.5, 0.6) is 0 Å². The summed E-state index contributed by atoms with van der Waals surface area (Å²) in [7, 11) is 0. The van der Waals surface area contributed by atoms with Crippen molar-refractivity contribution in [1.29, 1.82) is 0 Å². The fraction of sp³-hybridized carbons (Fsp3) is 0.118. The molecule has 0 saturated carbocycles. The topological polar surface area (TPSA) is 47.8 Å². The Morgan fingerprint density at radius 3 is 2.57 bits per heavy atom. The molecule has 0 aliphatic rings. The first kappa shape index (κ1) is 15.0. The molecule has 6 heteroatoms. The molecule has 2 aromatic carbocycles. The minimum Gasteiger partial charge on any atom is -0.296 e. The maximum atomic E-state index is 13.6. The molecular formula is C17H13F2N3O. The summed E-state index contributed by atoms with van der Waals surface area (Å²) in [5.41, 5.74) is 3.45. The van der Waals surface area contributed by atoms with Crippen LogP contribution >= 0.6 is 0 Å². The van der Waals surface area contributed by atoms with E-state index in [1.807, 2.05) is 32.0 Å². The number of hydrogen-bond donors (Lipinski definition) is 0. The Balaban J connectivity index is 2.28. The minimum absolute atomic E-state index is 0.0666. The van der Waals surface area contributed by atoms with Crippen LogP contribution in [-0.2, 0) is 0 Å². The summed E-state index contributed by atoms with van der Waals surface area (Å²) >= 11 is 0. The minimum atomic E-state index is -0.993. The molecule has 0 amide bonds. The Hall–Kier alpha value is -2.89. The molecule has 0 fully saturated rings. The zero-order chi connectivity index (χ0) is 16.6. The van der Waals surface area contributed by atoms with E-state index in [2.05, 4.69) is 10.3 Å². The smallest absolute Gasteiger partial charge is 0.172 e. The first-order chi connectivity index (χ1) is 11.0. The lowest BCUT2D eigenvalue weighted by molar-refractivity contribution is 0.111. The standard InChI is InChI=1S/C17H13F2N3O/c1-10-4-3-5-16(11(10)2)22-17(15(9-23)20-21-22)12-6-7-13(18)14(19)8-12/h3-9H,1-2H3. The Bertz CT molecular complexity index is 903. The number of hydrogen-bond acceptors (Lipinski definition) is 3. The first-order valence-corrected chi connectivity index (χ1v) is 6.96. The average Bonchev–Trinajstić information content (AvgIpc) is 2.96. The van der Waals surface area contributed by atoms with Crippen LogP contribution in [0, 0.1) is 25.5 Å². The number of halogens is 2. The van der Waals surface area contributed by atoms with Crippen LogP contribution in [0.4, 0.5) is 8.78 Å². The van der Waals surface area contributed by atoms with Crippen LogP contribution in [0.15, 0.2) is 36.4 Å². The van der Waals surface area contributed by atoms with Crippen molar-refractivity contribution in [2.24, 2.45) is 0 Å². The summed E-state index contributed by atoms with van der Waals surface area (Å²) in [6, 6.07) is 9.08. The summed E-state index contributed by atoms with van der Waals surface area (Å²) in [6.45, 7) is 3.87. The third-order valence-electron chi connectivity index (χ3n) is 3.81. The Kier molecular flexibility index (Phi) is 3.73. The lowest BCUT2D eigenvalue weighted by Gasteiger charge is -2.11. The lowest BCUT2D eigenvalue weighted by Crippen LogP contribution is -2.03. The van der Waals surface area contributed by atoms with Gasteiger partial charge in [0, 0.05) is 5.56 Å². The molecule has 1 heterocycles. The van der Waals surface area contributed by atoms with Gasteiger partial charge in [-0.1, -0.05) is 17.3 Å². The zero-order valence-corrected chi connectivity index (χ0v) is 12.5. The number of benzene rings is 2. The van der Waals surface area contributed by atoms with Gasteiger partial charge in [-0.25, -0.2) is 13.5 Å². The van der Waals surface area contributed by atoms with Crippen LogP contribution < -0.4 is 0 Å². The second-order valence-electron chi connectivity index (χ2n) is 5.20. The molecular weight excluding hydrogens is 300 g/mol. The molecule has 23 heavy (non-hydrogen) atoms. The van der Waals surface area contributed by atoms with Crippen molar-refractivity contribution < 1.29 is 13.6 Å². The van der Waals surface area contributed by atoms with Gasteiger partial charge in [-0.2, -0.15) is 0 Å². The summed E-state index contributed by atoms with van der Waals surface area (Å²) in [5, 5.41) is 7.85. The molecule has 0 unspecified atom stereocenters. The van der Waals surface area contributed by atoms with Crippen LogP contribution in [0.25, 0.3) is 16.9 Å². The van der Waals surface area contributed by atoms with Gasteiger partial charge in [-0.15, -0.1) is 5.10 Å². The van der Waals surface area contributed by atoms with Crippen molar-refractivity contribution in [2.75, 3.05) is 0 Å². The molecule has 3 rings (SSSR count). The molecule has 1 aromatic heterocycles. The van der Waals surface area contributed by atoms with Crippen LogP contribution in [0.3, 0.4) is 0 Å². The SMILES string of the molecule is Cc1cccc(-n2nnc(C=O)c2-c2ccc(F)c(F)c2)c1C. The molecule has 0 atom stereocenters.